The van der Waals surface area contributed by atoms with E-state index in [-0.39, 0.29) is 17.6 Å². The van der Waals surface area contributed by atoms with Crippen LogP contribution in [-0.4, -0.2) is 45.4 Å². The van der Waals surface area contributed by atoms with Crippen LogP contribution in [0, 0.1) is 5.82 Å². The third kappa shape index (κ3) is 3.05. The number of aromatic nitrogens is 4. The Kier molecular flexibility index (Phi) is 3.87. The molecule has 3 rings (SSSR count). The lowest BCUT2D eigenvalue weighted by atomic mass is 10.1. The van der Waals surface area contributed by atoms with E-state index < -0.39 is 5.82 Å². The van der Waals surface area contributed by atoms with Gasteiger partial charge in [0.25, 0.3) is 5.91 Å². The van der Waals surface area contributed by atoms with Gasteiger partial charge in [-0.25, -0.2) is 4.39 Å². The molecule has 0 aliphatic carbocycles. The van der Waals surface area contributed by atoms with Crippen LogP contribution in [0.2, 0.25) is 0 Å². The van der Waals surface area contributed by atoms with E-state index in [0.717, 1.165) is 19.4 Å². The summed E-state index contributed by atoms with van der Waals surface area (Å²) in [6.07, 6.45) is 3.29. The number of nitrogens with zero attached hydrogens (tertiary/aromatic N) is 4. The van der Waals surface area contributed by atoms with E-state index in [0.29, 0.717) is 12.2 Å². The highest BCUT2D eigenvalue weighted by Gasteiger charge is 2.19. The second-order valence-corrected chi connectivity index (χ2v) is 4.76. The first-order chi connectivity index (χ1) is 10.2. The van der Waals surface area contributed by atoms with E-state index in [9.17, 15) is 9.18 Å². The third-order valence-electron chi connectivity index (χ3n) is 3.31. The molecule has 8 heteroatoms. The van der Waals surface area contributed by atoms with Gasteiger partial charge in [0.15, 0.2) is 0 Å². The van der Waals surface area contributed by atoms with E-state index in [1.165, 1.54) is 29.2 Å². The van der Waals surface area contributed by atoms with Crippen LogP contribution in [-0.2, 0) is 4.74 Å². The SMILES string of the molecule is O=C(NCC1CCCO1)c1cc(F)ccc1-n1cnnn1. The Morgan fingerprint density at radius 3 is 3.14 bits per heavy atom. The maximum absolute atomic E-state index is 13.4. The summed E-state index contributed by atoms with van der Waals surface area (Å²) in [7, 11) is 0. The Balaban J connectivity index is 1.79. The molecular weight excluding hydrogens is 277 g/mol. The molecule has 110 valence electrons. The Bertz CT molecular complexity index is 625. The van der Waals surface area contributed by atoms with Gasteiger partial charge in [-0.1, -0.05) is 0 Å². The highest BCUT2D eigenvalue weighted by atomic mass is 19.1. The van der Waals surface area contributed by atoms with Crippen LogP contribution in [0.3, 0.4) is 0 Å². The van der Waals surface area contributed by atoms with Crippen molar-refractivity contribution in [2.24, 2.45) is 0 Å². The maximum Gasteiger partial charge on any atom is 0.253 e. The average Bonchev–Trinajstić information content (AvgIpc) is 3.18. The summed E-state index contributed by atoms with van der Waals surface area (Å²) >= 11 is 0. The molecule has 0 saturated carbocycles. The first-order valence-electron chi connectivity index (χ1n) is 6.67. The van der Waals surface area contributed by atoms with Crippen molar-refractivity contribution in [2.75, 3.05) is 13.2 Å². The summed E-state index contributed by atoms with van der Waals surface area (Å²) in [6.45, 7) is 1.13. The average molecular weight is 291 g/mol. The number of hydrogen-bond acceptors (Lipinski definition) is 5. The van der Waals surface area contributed by atoms with Crippen molar-refractivity contribution in [1.29, 1.82) is 0 Å². The maximum atomic E-state index is 13.4. The molecule has 1 aromatic heterocycles. The normalized spacial score (nSPS) is 17.9. The second-order valence-electron chi connectivity index (χ2n) is 4.76. The highest BCUT2D eigenvalue weighted by Crippen LogP contribution is 2.16. The molecule has 1 unspecified atom stereocenters. The predicted octanol–water partition coefficient (Wildman–Crippen LogP) is 0.710. The zero-order chi connectivity index (χ0) is 14.7. The fraction of sp³-hybridized carbons (Fsp3) is 0.385. The Morgan fingerprint density at radius 1 is 1.52 bits per heavy atom. The minimum absolute atomic E-state index is 0.0268. The number of halogens is 1. The number of benzene rings is 1. The van der Waals surface area contributed by atoms with E-state index in [2.05, 4.69) is 20.8 Å². The first kappa shape index (κ1) is 13.6. The molecule has 1 saturated heterocycles. The van der Waals surface area contributed by atoms with Crippen molar-refractivity contribution in [3.63, 3.8) is 0 Å². The summed E-state index contributed by atoms with van der Waals surface area (Å²) in [5, 5.41) is 13.5. The van der Waals surface area contributed by atoms with Crippen molar-refractivity contribution in [1.82, 2.24) is 25.5 Å². The van der Waals surface area contributed by atoms with Crippen LogP contribution in [0.5, 0.6) is 0 Å². The largest absolute Gasteiger partial charge is 0.376 e. The first-order valence-corrected chi connectivity index (χ1v) is 6.67. The van der Waals surface area contributed by atoms with Crippen LogP contribution in [0.1, 0.15) is 23.2 Å². The number of hydrogen-bond donors (Lipinski definition) is 1. The minimum atomic E-state index is -0.492. The van der Waals surface area contributed by atoms with Gasteiger partial charge in [0, 0.05) is 13.2 Å². The zero-order valence-corrected chi connectivity index (χ0v) is 11.2. The number of rotatable bonds is 4. The van der Waals surface area contributed by atoms with Crippen molar-refractivity contribution in [2.45, 2.75) is 18.9 Å². The number of carbonyl (C=O) groups excluding carboxylic acids is 1. The molecule has 1 atom stereocenters. The van der Waals surface area contributed by atoms with Gasteiger partial charge < -0.3 is 10.1 Å². The summed E-state index contributed by atoms with van der Waals surface area (Å²) in [5.74, 6) is -0.871. The number of nitrogens with one attached hydrogen (secondary N) is 1. The molecule has 1 amide bonds. The van der Waals surface area contributed by atoms with Gasteiger partial charge in [0.1, 0.15) is 12.1 Å². The Morgan fingerprint density at radius 2 is 2.43 bits per heavy atom. The van der Waals surface area contributed by atoms with Gasteiger partial charge in [0.2, 0.25) is 0 Å². The lowest BCUT2D eigenvalue weighted by Gasteiger charge is -2.12. The molecular formula is C13H14FN5O2. The van der Waals surface area contributed by atoms with E-state index in [1.54, 1.807) is 0 Å². The molecule has 1 aromatic carbocycles. The van der Waals surface area contributed by atoms with Crippen molar-refractivity contribution >= 4 is 5.91 Å². The van der Waals surface area contributed by atoms with Crippen molar-refractivity contribution in [3.8, 4) is 5.69 Å². The van der Waals surface area contributed by atoms with Crippen LogP contribution in [0.15, 0.2) is 24.5 Å². The standard InChI is InChI=1S/C13H14FN5O2/c14-9-3-4-12(19-8-16-17-18-19)11(6-9)13(20)15-7-10-2-1-5-21-10/h3-4,6,8,10H,1-2,5,7H2,(H,15,20). The lowest BCUT2D eigenvalue weighted by Crippen LogP contribution is -2.32. The molecule has 21 heavy (non-hydrogen) atoms. The Labute approximate surface area is 120 Å². The van der Waals surface area contributed by atoms with E-state index in [1.807, 2.05) is 0 Å². The monoisotopic (exact) mass is 291 g/mol. The molecule has 2 heterocycles. The fourth-order valence-electron chi connectivity index (χ4n) is 2.27. The molecule has 0 spiro atoms. The van der Waals surface area contributed by atoms with Crippen molar-refractivity contribution in [3.05, 3.63) is 35.9 Å². The van der Waals surface area contributed by atoms with Crippen LogP contribution < -0.4 is 5.32 Å². The van der Waals surface area contributed by atoms with E-state index in [4.69, 9.17) is 4.74 Å². The summed E-state index contributed by atoms with van der Waals surface area (Å²) < 4.78 is 20.2. The molecule has 1 aliphatic rings. The molecule has 2 aromatic rings. The third-order valence-corrected chi connectivity index (χ3v) is 3.31. The minimum Gasteiger partial charge on any atom is -0.376 e. The molecule has 0 bridgehead atoms. The van der Waals surface area contributed by atoms with Gasteiger partial charge in [-0.15, -0.1) is 5.10 Å². The lowest BCUT2D eigenvalue weighted by molar-refractivity contribution is 0.0857. The van der Waals surface area contributed by atoms with Gasteiger partial charge >= 0.3 is 0 Å². The van der Waals surface area contributed by atoms with E-state index >= 15 is 0 Å². The topological polar surface area (TPSA) is 81.9 Å². The number of tetrazole rings is 1. The van der Waals surface area contributed by atoms with Gasteiger partial charge in [0.05, 0.1) is 17.4 Å². The number of amides is 1. The zero-order valence-electron chi connectivity index (χ0n) is 11.2. The summed E-state index contributed by atoms with van der Waals surface area (Å²) in [4.78, 5) is 12.3. The van der Waals surface area contributed by atoms with Crippen LogP contribution >= 0.6 is 0 Å². The number of carbonyl (C=O) groups is 1. The summed E-state index contributed by atoms with van der Waals surface area (Å²) in [5.41, 5.74) is 0.603. The van der Waals surface area contributed by atoms with Crippen molar-refractivity contribution < 1.29 is 13.9 Å². The number of ether oxygens (including phenoxy) is 1. The molecule has 1 fully saturated rings. The molecule has 1 N–H and O–H groups in total. The van der Waals surface area contributed by atoms with Crippen LogP contribution in [0.25, 0.3) is 5.69 Å². The van der Waals surface area contributed by atoms with Gasteiger partial charge in [-0.05, 0) is 41.5 Å². The molecule has 0 radical (unpaired) electrons. The van der Waals surface area contributed by atoms with Gasteiger partial charge in [-0.2, -0.15) is 4.68 Å². The second kappa shape index (κ2) is 5.96. The fourth-order valence-corrected chi connectivity index (χ4v) is 2.27. The smallest absolute Gasteiger partial charge is 0.253 e. The summed E-state index contributed by atoms with van der Waals surface area (Å²) in [6, 6.07) is 3.89. The van der Waals surface area contributed by atoms with Crippen LogP contribution in [0.4, 0.5) is 4.39 Å². The molecule has 7 nitrogen and oxygen atoms in total. The quantitative estimate of drug-likeness (QED) is 0.897. The molecule has 1 aliphatic heterocycles. The highest BCUT2D eigenvalue weighted by molar-refractivity contribution is 5.97. The Hall–Kier alpha value is -2.35. The van der Waals surface area contributed by atoms with Gasteiger partial charge in [-0.3, -0.25) is 4.79 Å². The predicted molar refractivity (Wildman–Crippen MR) is 70.4 cm³/mol.